The topological polar surface area (TPSA) is 9.23 Å². The molecule has 0 saturated heterocycles. The van der Waals surface area contributed by atoms with Crippen LogP contribution in [0.25, 0.3) is 11.1 Å². The lowest BCUT2D eigenvalue weighted by Crippen LogP contribution is -2.01. The highest BCUT2D eigenvalue weighted by Crippen LogP contribution is 2.33. The van der Waals surface area contributed by atoms with Gasteiger partial charge in [0.25, 0.3) is 0 Å². The molecule has 0 saturated carbocycles. The standard InChI is InChI=1S/C20H19F5O/c1-3-13(21)7-5-6-12-8-9-14(18(23)17(12)22)15-10-11-16(26-4-2)20(25)19(15)24/h7-11H,3-6H2,1-2H3. The van der Waals surface area contributed by atoms with Gasteiger partial charge in [0, 0.05) is 11.1 Å². The molecule has 0 atom stereocenters. The maximum absolute atomic E-state index is 14.4. The zero-order chi connectivity index (χ0) is 19.3. The predicted octanol–water partition coefficient (Wildman–Crippen LogP) is 6.50. The molecule has 1 nitrogen and oxygen atoms in total. The third-order valence-electron chi connectivity index (χ3n) is 3.92. The van der Waals surface area contributed by atoms with Gasteiger partial charge in [-0.3, -0.25) is 0 Å². The normalized spacial score (nSPS) is 11.7. The van der Waals surface area contributed by atoms with Crippen molar-refractivity contribution in [1.29, 1.82) is 0 Å². The van der Waals surface area contributed by atoms with Crippen molar-refractivity contribution in [2.45, 2.75) is 33.1 Å². The van der Waals surface area contributed by atoms with Gasteiger partial charge in [-0.2, -0.15) is 4.39 Å². The molecule has 6 heteroatoms. The lowest BCUT2D eigenvalue weighted by Gasteiger charge is -2.11. The average Bonchev–Trinajstić information content (AvgIpc) is 2.63. The van der Waals surface area contributed by atoms with Crippen molar-refractivity contribution in [2.75, 3.05) is 6.61 Å². The number of halogens is 5. The monoisotopic (exact) mass is 370 g/mol. The molecule has 0 N–H and O–H groups in total. The first-order valence-corrected chi connectivity index (χ1v) is 8.33. The summed E-state index contributed by atoms with van der Waals surface area (Å²) in [5.74, 6) is -5.61. The lowest BCUT2D eigenvalue weighted by molar-refractivity contribution is 0.314. The van der Waals surface area contributed by atoms with Crippen LogP contribution in [-0.2, 0) is 6.42 Å². The Balaban J connectivity index is 2.35. The molecule has 0 heterocycles. The van der Waals surface area contributed by atoms with Crippen LogP contribution in [0.5, 0.6) is 5.75 Å². The van der Waals surface area contributed by atoms with E-state index in [1.54, 1.807) is 13.8 Å². The number of aryl methyl sites for hydroxylation is 1. The first kappa shape index (κ1) is 19.9. The quantitative estimate of drug-likeness (QED) is 0.505. The van der Waals surface area contributed by atoms with Crippen molar-refractivity contribution in [1.82, 2.24) is 0 Å². The van der Waals surface area contributed by atoms with E-state index in [4.69, 9.17) is 4.74 Å². The van der Waals surface area contributed by atoms with E-state index in [-0.39, 0.29) is 48.6 Å². The Hall–Kier alpha value is -2.37. The molecule has 0 bridgehead atoms. The number of ether oxygens (including phenoxy) is 1. The van der Waals surface area contributed by atoms with Gasteiger partial charge >= 0.3 is 0 Å². The predicted molar refractivity (Wildman–Crippen MR) is 90.7 cm³/mol. The van der Waals surface area contributed by atoms with E-state index in [0.717, 1.165) is 6.07 Å². The van der Waals surface area contributed by atoms with Gasteiger partial charge in [0.1, 0.15) is 0 Å². The number of rotatable bonds is 7. The van der Waals surface area contributed by atoms with Gasteiger partial charge in [-0.25, -0.2) is 17.6 Å². The molecule has 0 radical (unpaired) electrons. The van der Waals surface area contributed by atoms with Crippen LogP contribution in [0.3, 0.4) is 0 Å². The second-order valence-electron chi connectivity index (χ2n) is 5.62. The Morgan fingerprint density at radius 2 is 1.50 bits per heavy atom. The second-order valence-corrected chi connectivity index (χ2v) is 5.62. The van der Waals surface area contributed by atoms with Gasteiger partial charge in [-0.15, -0.1) is 0 Å². The molecule has 2 aromatic rings. The molecule has 0 spiro atoms. The van der Waals surface area contributed by atoms with Crippen molar-refractivity contribution in [3.8, 4) is 16.9 Å². The summed E-state index contributed by atoms with van der Waals surface area (Å²) in [6.07, 6.45) is 1.85. The van der Waals surface area contributed by atoms with Gasteiger partial charge in [-0.1, -0.05) is 25.1 Å². The molecule has 26 heavy (non-hydrogen) atoms. The van der Waals surface area contributed by atoms with Crippen molar-refractivity contribution in [3.63, 3.8) is 0 Å². The first-order chi connectivity index (χ1) is 12.4. The van der Waals surface area contributed by atoms with Crippen LogP contribution in [0.2, 0.25) is 0 Å². The number of benzene rings is 2. The molecule has 2 rings (SSSR count). The largest absolute Gasteiger partial charge is 0.491 e. The number of hydrogen-bond donors (Lipinski definition) is 0. The molecular formula is C20H19F5O. The molecule has 2 aromatic carbocycles. The van der Waals surface area contributed by atoms with E-state index in [1.807, 2.05) is 0 Å². The van der Waals surface area contributed by atoms with E-state index < -0.39 is 28.8 Å². The molecule has 0 fully saturated rings. The van der Waals surface area contributed by atoms with Crippen molar-refractivity contribution in [2.24, 2.45) is 0 Å². The summed E-state index contributed by atoms with van der Waals surface area (Å²) in [6.45, 7) is 3.40. The van der Waals surface area contributed by atoms with Gasteiger partial charge in [-0.05, 0) is 43.9 Å². The fourth-order valence-corrected chi connectivity index (χ4v) is 2.53. The summed E-state index contributed by atoms with van der Waals surface area (Å²) in [6, 6.07) is 4.78. The summed E-state index contributed by atoms with van der Waals surface area (Å²) in [5, 5.41) is 0. The molecule has 0 aliphatic carbocycles. The third kappa shape index (κ3) is 4.23. The maximum atomic E-state index is 14.4. The molecular weight excluding hydrogens is 351 g/mol. The Morgan fingerprint density at radius 3 is 2.12 bits per heavy atom. The zero-order valence-electron chi connectivity index (χ0n) is 14.5. The fourth-order valence-electron chi connectivity index (χ4n) is 2.53. The van der Waals surface area contributed by atoms with Crippen LogP contribution >= 0.6 is 0 Å². The highest BCUT2D eigenvalue weighted by Gasteiger charge is 2.21. The zero-order valence-corrected chi connectivity index (χ0v) is 14.5. The van der Waals surface area contributed by atoms with E-state index in [1.165, 1.54) is 24.3 Å². The summed E-state index contributed by atoms with van der Waals surface area (Å²) < 4.78 is 74.8. The van der Waals surface area contributed by atoms with E-state index in [9.17, 15) is 22.0 Å². The SMILES string of the molecule is CCOc1ccc(-c2ccc(CCC=C(F)CC)c(F)c2F)c(F)c1F. The van der Waals surface area contributed by atoms with E-state index in [0.29, 0.717) is 0 Å². The number of hydrogen-bond acceptors (Lipinski definition) is 1. The van der Waals surface area contributed by atoms with E-state index >= 15 is 0 Å². The minimum absolute atomic E-state index is 0.0400. The van der Waals surface area contributed by atoms with E-state index in [2.05, 4.69) is 0 Å². The van der Waals surface area contributed by atoms with Crippen LogP contribution in [0, 0.1) is 23.3 Å². The Bertz CT molecular complexity index is 814. The Kier molecular flexibility index (Phi) is 6.77. The molecule has 0 amide bonds. The molecule has 0 unspecified atom stereocenters. The molecule has 0 aromatic heterocycles. The minimum atomic E-state index is -1.31. The van der Waals surface area contributed by atoms with Crippen LogP contribution in [0.1, 0.15) is 32.3 Å². The van der Waals surface area contributed by atoms with Crippen LogP contribution in [0.15, 0.2) is 36.2 Å². The maximum Gasteiger partial charge on any atom is 0.201 e. The van der Waals surface area contributed by atoms with Crippen LogP contribution in [0.4, 0.5) is 22.0 Å². The molecule has 0 aliphatic rings. The van der Waals surface area contributed by atoms with Crippen LogP contribution < -0.4 is 4.74 Å². The summed E-state index contributed by atoms with van der Waals surface area (Å²) in [5.41, 5.74) is -0.745. The Labute approximate surface area is 149 Å². The van der Waals surface area contributed by atoms with Crippen LogP contribution in [-0.4, -0.2) is 6.61 Å². The summed E-state index contributed by atoms with van der Waals surface area (Å²) in [7, 11) is 0. The summed E-state index contributed by atoms with van der Waals surface area (Å²) >= 11 is 0. The van der Waals surface area contributed by atoms with Gasteiger partial charge in [0.15, 0.2) is 23.2 Å². The van der Waals surface area contributed by atoms with Gasteiger partial charge in [0.05, 0.1) is 12.4 Å². The van der Waals surface area contributed by atoms with Crippen molar-refractivity contribution < 1.29 is 26.7 Å². The summed E-state index contributed by atoms with van der Waals surface area (Å²) in [4.78, 5) is 0. The highest BCUT2D eigenvalue weighted by atomic mass is 19.2. The van der Waals surface area contributed by atoms with Crippen molar-refractivity contribution in [3.05, 3.63) is 65.0 Å². The third-order valence-corrected chi connectivity index (χ3v) is 3.92. The molecule has 140 valence electrons. The average molecular weight is 370 g/mol. The van der Waals surface area contributed by atoms with Gasteiger partial charge in [0.2, 0.25) is 5.82 Å². The van der Waals surface area contributed by atoms with Crippen molar-refractivity contribution >= 4 is 0 Å². The minimum Gasteiger partial charge on any atom is -0.491 e. The highest BCUT2D eigenvalue weighted by molar-refractivity contribution is 5.66. The number of allylic oxidation sites excluding steroid dienone is 2. The van der Waals surface area contributed by atoms with Gasteiger partial charge < -0.3 is 4.74 Å². The Morgan fingerprint density at radius 1 is 0.885 bits per heavy atom. The molecule has 0 aliphatic heterocycles. The first-order valence-electron chi connectivity index (χ1n) is 8.33. The smallest absolute Gasteiger partial charge is 0.201 e. The second kappa shape index (κ2) is 8.83. The lowest BCUT2D eigenvalue weighted by atomic mass is 9.99. The fraction of sp³-hybridized carbons (Fsp3) is 0.300.